The first-order chi connectivity index (χ1) is 7.18. The fourth-order valence-corrected chi connectivity index (χ4v) is 2.11. The maximum absolute atomic E-state index is 6.09. The molecule has 1 aromatic carbocycles. The Morgan fingerprint density at radius 1 is 1.47 bits per heavy atom. The molecule has 3 nitrogen and oxygen atoms in total. The second kappa shape index (κ2) is 3.83. The van der Waals surface area contributed by atoms with Crippen molar-refractivity contribution in [2.45, 2.75) is 25.0 Å². The fraction of sp³-hybridized carbons (Fsp3) is 0.500. The van der Waals surface area contributed by atoms with Crippen molar-refractivity contribution in [3.8, 4) is 5.75 Å². The Morgan fingerprint density at radius 2 is 2.20 bits per heavy atom. The lowest BCUT2D eigenvalue weighted by atomic mass is 9.88. The maximum atomic E-state index is 6.09. The first-order valence-corrected chi connectivity index (χ1v) is 5.21. The number of methoxy groups -OCH3 is 1. The quantitative estimate of drug-likeness (QED) is 0.802. The summed E-state index contributed by atoms with van der Waals surface area (Å²) < 4.78 is 11.1. The average Bonchev–Trinajstić information content (AvgIpc) is 2.60. The molecule has 0 aromatic heterocycles. The van der Waals surface area contributed by atoms with Gasteiger partial charge in [-0.25, -0.2) is 0 Å². The van der Waals surface area contributed by atoms with Gasteiger partial charge in [0.15, 0.2) is 0 Å². The molecule has 0 radical (unpaired) electrons. The molecule has 0 amide bonds. The first-order valence-electron chi connectivity index (χ1n) is 5.21. The summed E-state index contributed by atoms with van der Waals surface area (Å²) in [5.74, 6) is 0.845. The van der Waals surface area contributed by atoms with E-state index in [0.29, 0.717) is 0 Å². The molecular weight excluding hydrogens is 190 g/mol. The zero-order chi connectivity index (χ0) is 10.9. The zero-order valence-corrected chi connectivity index (χ0v) is 9.19. The molecule has 1 heterocycles. The number of benzene rings is 1. The highest BCUT2D eigenvalue weighted by molar-refractivity contribution is 5.39. The van der Waals surface area contributed by atoms with Gasteiger partial charge in [-0.2, -0.15) is 0 Å². The SMILES string of the molecule is COc1ccccc1C1(C)OCCC1N. The van der Waals surface area contributed by atoms with Crippen molar-refractivity contribution in [3.05, 3.63) is 29.8 Å². The molecule has 0 spiro atoms. The predicted molar refractivity (Wildman–Crippen MR) is 58.9 cm³/mol. The molecule has 0 bridgehead atoms. The highest BCUT2D eigenvalue weighted by Crippen LogP contribution is 2.39. The van der Waals surface area contributed by atoms with Crippen LogP contribution >= 0.6 is 0 Å². The molecule has 82 valence electrons. The van der Waals surface area contributed by atoms with E-state index in [-0.39, 0.29) is 6.04 Å². The number of ether oxygens (including phenoxy) is 2. The van der Waals surface area contributed by atoms with Gasteiger partial charge in [-0.3, -0.25) is 0 Å². The molecule has 1 fully saturated rings. The lowest BCUT2D eigenvalue weighted by Crippen LogP contribution is -2.39. The largest absolute Gasteiger partial charge is 0.496 e. The van der Waals surface area contributed by atoms with Crippen LogP contribution in [0.2, 0.25) is 0 Å². The van der Waals surface area contributed by atoms with E-state index in [2.05, 4.69) is 0 Å². The van der Waals surface area contributed by atoms with Crippen molar-refractivity contribution in [3.63, 3.8) is 0 Å². The molecule has 1 aromatic rings. The minimum atomic E-state index is -0.410. The van der Waals surface area contributed by atoms with E-state index in [1.165, 1.54) is 0 Å². The topological polar surface area (TPSA) is 44.5 Å². The molecule has 0 aliphatic carbocycles. The molecule has 2 unspecified atom stereocenters. The molecule has 1 aliphatic rings. The number of rotatable bonds is 2. The number of hydrogen-bond acceptors (Lipinski definition) is 3. The number of nitrogens with two attached hydrogens (primary N) is 1. The van der Waals surface area contributed by atoms with Crippen LogP contribution < -0.4 is 10.5 Å². The molecule has 2 N–H and O–H groups in total. The van der Waals surface area contributed by atoms with Crippen molar-refractivity contribution in [1.82, 2.24) is 0 Å². The Hall–Kier alpha value is -1.06. The van der Waals surface area contributed by atoms with E-state index < -0.39 is 5.60 Å². The Bertz CT molecular complexity index is 353. The van der Waals surface area contributed by atoms with E-state index >= 15 is 0 Å². The van der Waals surface area contributed by atoms with E-state index in [1.807, 2.05) is 31.2 Å². The maximum Gasteiger partial charge on any atom is 0.125 e. The molecule has 2 rings (SSSR count). The fourth-order valence-electron chi connectivity index (χ4n) is 2.11. The van der Waals surface area contributed by atoms with Gasteiger partial charge in [-0.1, -0.05) is 18.2 Å². The van der Waals surface area contributed by atoms with Crippen LogP contribution in [0.5, 0.6) is 5.75 Å². The molecular formula is C12H17NO2. The second-order valence-corrected chi connectivity index (χ2v) is 4.05. The third-order valence-electron chi connectivity index (χ3n) is 3.18. The summed E-state index contributed by atoms with van der Waals surface area (Å²) in [6.45, 7) is 2.75. The van der Waals surface area contributed by atoms with Crippen LogP contribution in [0.25, 0.3) is 0 Å². The summed E-state index contributed by atoms with van der Waals surface area (Å²) >= 11 is 0. The summed E-state index contributed by atoms with van der Waals surface area (Å²) in [7, 11) is 1.67. The highest BCUT2D eigenvalue weighted by atomic mass is 16.5. The van der Waals surface area contributed by atoms with E-state index in [0.717, 1.165) is 24.3 Å². The molecule has 1 aliphatic heterocycles. The normalized spacial score (nSPS) is 30.5. The lowest BCUT2D eigenvalue weighted by Gasteiger charge is -2.29. The average molecular weight is 207 g/mol. The van der Waals surface area contributed by atoms with E-state index in [9.17, 15) is 0 Å². The van der Waals surface area contributed by atoms with Crippen molar-refractivity contribution in [1.29, 1.82) is 0 Å². The summed E-state index contributed by atoms with van der Waals surface area (Å²) in [6, 6.07) is 7.93. The van der Waals surface area contributed by atoms with Gasteiger partial charge >= 0.3 is 0 Å². The number of para-hydroxylation sites is 1. The van der Waals surface area contributed by atoms with E-state index in [4.69, 9.17) is 15.2 Å². The summed E-state index contributed by atoms with van der Waals surface area (Å²) in [5, 5.41) is 0. The lowest BCUT2D eigenvalue weighted by molar-refractivity contribution is 0.00624. The summed E-state index contributed by atoms with van der Waals surface area (Å²) in [5.41, 5.74) is 6.72. The van der Waals surface area contributed by atoms with Crippen LogP contribution in [0.1, 0.15) is 18.9 Å². The Labute approximate surface area is 90.2 Å². The van der Waals surface area contributed by atoms with Gasteiger partial charge in [0, 0.05) is 18.2 Å². The molecule has 0 saturated carbocycles. The van der Waals surface area contributed by atoms with Crippen molar-refractivity contribution >= 4 is 0 Å². The molecule has 2 atom stereocenters. The summed E-state index contributed by atoms with van der Waals surface area (Å²) in [4.78, 5) is 0. The summed E-state index contributed by atoms with van der Waals surface area (Å²) in [6.07, 6.45) is 0.897. The van der Waals surface area contributed by atoms with Crippen LogP contribution in [0.15, 0.2) is 24.3 Å². The third kappa shape index (κ3) is 1.62. The molecule has 15 heavy (non-hydrogen) atoms. The van der Waals surface area contributed by atoms with Crippen LogP contribution in [-0.4, -0.2) is 19.8 Å². The minimum absolute atomic E-state index is 0.0359. The van der Waals surface area contributed by atoms with E-state index in [1.54, 1.807) is 7.11 Å². The Balaban J connectivity index is 2.43. The second-order valence-electron chi connectivity index (χ2n) is 4.05. The van der Waals surface area contributed by atoms with Crippen LogP contribution in [0, 0.1) is 0 Å². The van der Waals surface area contributed by atoms with Crippen molar-refractivity contribution < 1.29 is 9.47 Å². The van der Waals surface area contributed by atoms with Crippen LogP contribution in [-0.2, 0) is 10.3 Å². The molecule has 3 heteroatoms. The van der Waals surface area contributed by atoms with Gasteiger partial charge in [0.25, 0.3) is 0 Å². The zero-order valence-electron chi connectivity index (χ0n) is 9.19. The Kier molecular flexibility index (Phi) is 2.67. The van der Waals surface area contributed by atoms with Crippen molar-refractivity contribution in [2.24, 2.45) is 5.73 Å². The third-order valence-corrected chi connectivity index (χ3v) is 3.18. The van der Waals surface area contributed by atoms with Crippen LogP contribution in [0.4, 0.5) is 0 Å². The smallest absolute Gasteiger partial charge is 0.125 e. The Morgan fingerprint density at radius 3 is 2.80 bits per heavy atom. The van der Waals surface area contributed by atoms with Gasteiger partial charge in [0.1, 0.15) is 11.4 Å². The first kappa shape index (κ1) is 10.5. The van der Waals surface area contributed by atoms with Gasteiger partial charge < -0.3 is 15.2 Å². The van der Waals surface area contributed by atoms with Gasteiger partial charge in [0.2, 0.25) is 0 Å². The van der Waals surface area contributed by atoms with Crippen LogP contribution in [0.3, 0.4) is 0 Å². The standard InChI is InChI=1S/C12H17NO2/c1-12(11(13)7-8-15-12)9-5-3-4-6-10(9)14-2/h3-6,11H,7-8,13H2,1-2H3. The van der Waals surface area contributed by atoms with Gasteiger partial charge in [0.05, 0.1) is 7.11 Å². The molecule has 1 saturated heterocycles. The number of hydrogen-bond donors (Lipinski definition) is 1. The van der Waals surface area contributed by atoms with Gasteiger partial charge in [-0.05, 0) is 19.4 Å². The monoisotopic (exact) mass is 207 g/mol. The van der Waals surface area contributed by atoms with Crippen molar-refractivity contribution in [2.75, 3.05) is 13.7 Å². The minimum Gasteiger partial charge on any atom is -0.496 e. The van der Waals surface area contributed by atoms with Gasteiger partial charge in [-0.15, -0.1) is 0 Å². The highest BCUT2D eigenvalue weighted by Gasteiger charge is 2.41. The predicted octanol–water partition coefficient (Wildman–Crippen LogP) is 1.66.